The second kappa shape index (κ2) is 18.8. The molecule has 1 aliphatic rings. The molecule has 1 aromatic rings. The summed E-state index contributed by atoms with van der Waals surface area (Å²) in [7, 11) is 1.69. The van der Waals surface area contributed by atoms with E-state index in [2.05, 4.69) is 20.9 Å². The summed E-state index contributed by atoms with van der Waals surface area (Å²) in [5.41, 5.74) is 0.242. The highest BCUT2D eigenvalue weighted by molar-refractivity contribution is 5.90. The van der Waals surface area contributed by atoms with Crippen LogP contribution in [0.4, 0.5) is 0 Å². The maximum Gasteiger partial charge on any atom is 0.332 e. The lowest BCUT2D eigenvalue weighted by Crippen LogP contribution is -2.36. The molecular weight excluding hydrogens is 562 g/mol. The number of aromatic nitrogens is 1. The summed E-state index contributed by atoms with van der Waals surface area (Å²) >= 11 is 0. The van der Waals surface area contributed by atoms with Crippen molar-refractivity contribution < 1.29 is 42.9 Å². The van der Waals surface area contributed by atoms with Crippen molar-refractivity contribution in [2.24, 2.45) is 5.92 Å². The lowest BCUT2D eigenvalue weighted by atomic mass is 9.94. The molecule has 2 atom stereocenters. The highest BCUT2D eigenvalue weighted by atomic mass is 16.6. The molecule has 0 aromatic carbocycles. The molecule has 14 nitrogen and oxygen atoms in total. The number of pyridine rings is 1. The number of rotatable bonds is 19. The topological polar surface area (TPSA) is 174 Å². The maximum absolute atomic E-state index is 12.7. The van der Waals surface area contributed by atoms with Gasteiger partial charge in [-0.15, -0.1) is 0 Å². The normalized spacial score (nSPS) is 16.6. The number of amides is 4. The van der Waals surface area contributed by atoms with Crippen LogP contribution >= 0.6 is 0 Å². The average Bonchev–Trinajstić information content (AvgIpc) is 3.25. The molecule has 1 fully saturated rings. The third-order valence-corrected chi connectivity index (χ3v) is 6.22. The number of likely N-dealkylation sites (tertiary alicyclic amines) is 1. The smallest absolute Gasteiger partial charge is 0.332 e. The minimum Gasteiger partial charge on any atom is -0.458 e. The zero-order valence-electron chi connectivity index (χ0n) is 25.5. The second-order valence-corrected chi connectivity index (χ2v) is 10.9. The van der Waals surface area contributed by atoms with Gasteiger partial charge in [0.1, 0.15) is 12.2 Å². The Morgan fingerprint density at radius 2 is 1.56 bits per heavy atom. The first-order valence-electron chi connectivity index (χ1n) is 14.4. The Bertz CT molecular complexity index is 1050. The molecule has 0 bridgehead atoms. The van der Waals surface area contributed by atoms with E-state index >= 15 is 0 Å². The maximum atomic E-state index is 12.7. The third-order valence-electron chi connectivity index (χ3n) is 6.22. The van der Waals surface area contributed by atoms with Gasteiger partial charge in [-0.3, -0.25) is 24.2 Å². The molecule has 1 saturated heterocycles. The predicted octanol–water partition coefficient (Wildman–Crippen LogP) is 0.121. The third kappa shape index (κ3) is 14.4. The molecule has 1 aromatic heterocycles. The molecule has 14 heteroatoms. The van der Waals surface area contributed by atoms with Gasteiger partial charge in [0.15, 0.2) is 0 Å². The van der Waals surface area contributed by atoms with Gasteiger partial charge in [-0.05, 0) is 32.4 Å². The number of ether oxygens (including phenoxy) is 4. The standard InChI is InChI=1S/C29H45N5O9/c1-29(2,3)43-26(38)20-42-15-11-32-23(35)7-10-31-24(36)8-13-40-16-17-41-14-12-33-28(39)22-18-25(37)34(4)27(22)21-6-5-9-30-19-21/h5-6,9,19,22,27H,7-8,10-18,20H2,1-4H3,(H,31,36)(H,32,35)(H,33,39)/t22-,27+/m0/s1. The van der Waals surface area contributed by atoms with E-state index < -0.39 is 17.5 Å². The second-order valence-electron chi connectivity index (χ2n) is 10.9. The van der Waals surface area contributed by atoms with Crippen LogP contribution in [-0.2, 0) is 42.9 Å². The molecule has 2 rings (SSSR count). The van der Waals surface area contributed by atoms with Crippen LogP contribution in [0.1, 0.15) is 51.6 Å². The fourth-order valence-electron chi connectivity index (χ4n) is 4.26. The van der Waals surface area contributed by atoms with Gasteiger partial charge < -0.3 is 39.8 Å². The first-order chi connectivity index (χ1) is 20.5. The monoisotopic (exact) mass is 607 g/mol. The van der Waals surface area contributed by atoms with Crippen molar-refractivity contribution in [1.29, 1.82) is 0 Å². The molecule has 1 aliphatic heterocycles. The predicted molar refractivity (Wildman–Crippen MR) is 154 cm³/mol. The van der Waals surface area contributed by atoms with Crippen molar-refractivity contribution in [3.63, 3.8) is 0 Å². The summed E-state index contributed by atoms with van der Waals surface area (Å²) < 4.78 is 21.2. The Balaban J connectivity index is 1.43. The minimum atomic E-state index is -0.577. The molecule has 0 saturated carbocycles. The average molecular weight is 608 g/mol. The van der Waals surface area contributed by atoms with Crippen molar-refractivity contribution in [2.45, 2.75) is 51.7 Å². The van der Waals surface area contributed by atoms with Gasteiger partial charge in [0, 0.05) is 58.3 Å². The molecule has 43 heavy (non-hydrogen) atoms. The zero-order valence-corrected chi connectivity index (χ0v) is 25.5. The van der Waals surface area contributed by atoms with Gasteiger partial charge >= 0.3 is 5.97 Å². The first-order valence-corrected chi connectivity index (χ1v) is 14.4. The fraction of sp³-hybridized carbons (Fsp3) is 0.655. The van der Waals surface area contributed by atoms with Crippen LogP contribution in [0.25, 0.3) is 0 Å². The molecule has 3 N–H and O–H groups in total. The number of hydrogen-bond acceptors (Lipinski definition) is 10. The summed E-state index contributed by atoms with van der Waals surface area (Å²) in [6.45, 7) is 7.05. The number of hydrogen-bond donors (Lipinski definition) is 3. The number of carbonyl (C=O) groups excluding carboxylic acids is 5. The summed E-state index contributed by atoms with van der Waals surface area (Å²) in [4.78, 5) is 65.9. The molecule has 0 aliphatic carbocycles. The fourth-order valence-corrected chi connectivity index (χ4v) is 4.26. The summed E-state index contributed by atoms with van der Waals surface area (Å²) in [6, 6.07) is 3.29. The van der Waals surface area contributed by atoms with E-state index in [0.29, 0.717) is 13.2 Å². The summed E-state index contributed by atoms with van der Waals surface area (Å²) in [5.74, 6) is -1.75. The summed E-state index contributed by atoms with van der Waals surface area (Å²) in [5, 5.41) is 8.13. The SMILES string of the molecule is CN1C(=O)C[C@H](C(=O)NCCOCCOCCC(=O)NCCC(=O)NCCOCC(=O)OC(C)(C)C)[C@H]1c1cccnc1. The molecule has 0 spiro atoms. The highest BCUT2D eigenvalue weighted by Crippen LogP contribution is 2.36. The van der Waals surface area contributed by atoms with Crippen LogP contribution in [0.5, 0.6) is 0 Å². The zero-order chi connectivity index (χ0) is 31.7. The van der Waals surface area contributed by atoms with Crippen molar-refractivity contribution in [2.75, 3.05) is 66.3 Å². The lowest BCUT2D eigenvalue weighted by molar-refractivity contribution is -0.160. The molecule has 0 unspecified atom stereocenters. The Hall–Kier alpha value is -3.62. The van der Waals surface area contributed by atoms with Crippen LogP contribution in [0.2, 0.25) is 0 Å². The molecule has 240 valence electrons. The lowest BCUT2D eigenvalue weighted by Gasteiger charge is -2.24. The van der Waals surface area contributed by atoms with E-state index in [9.17, 15) is 24.0 Å². The number of nitrogens with zero attached hydrogens (tertiary/aromatic N) is 2. The molecule has 2 heterocycles. The number of nitrogens with one attached hydrogen (secondary N) is 3. The largest absolute Gasteiger partial charge is 0.458 e. The minimum absolute atomic E-state index is 0.0858. The van der Waals surface area contributed by atoms with E-state index in [-0.39, 0.29) is 95.1 Å². The Kier molecular flexibility index (Phi) is 15.6. The van der Waals surface area contributed by atoms with Crippen LogP contribution in [0.3, 0.4) is 0 Å². The van der Waals surface area contributed by atoms with E-state index in [4.69, 9.17) is 18.9 Å². The Morgan fingerprint density at radius 3 is 2.26 bits per heavy atom. The quantitative estimate of drug-likeness (QED) is 0.145. The van der Waals surface area contributed by atoms with Crippen molar-refractivity contribution >= 4 is 29.6 Å². The number of carbonyl (C=O) groups is 5. The van der Waals surface area contributed by atoms with E-state index in [1.807, 2.05) is 6.07 Å². The van der Waals surface area contributed by atoms with Gasteiger partial charge in [0.2, 0.25) is 23.6 Å². The van der Waals surface area contributed by atoms with E-state index in [0.717, 1.165) is 5.56 Å². The molecule has 4 amide bonds. The van der Waals surface area contributed by atoms with Gasteiger partial charge in [-0.1, -0.05) is 6.07 Å². The van der Waals surface area contributed by atoms with Crippen LogP contribution in [-0.4, -0.2) is 111 Å². The molecule has 0 radical (unpaired) electrons. The van der Waals surface area contributed by atoms with Gasteiger partial charge in [-0.25, -0.2) is 4.79 Å². The van der Waals surface area contributed by atoms with Crippen molar-refractivity contribution in [3.05, 3.63) is 30.1 Å². The molecular formula is C29H45N5O9. The van der Waals surface area contributed by atoms with E-state index in [1.165, 1.54) is 0 Å². The van der Waals surface area contributed by atoms with Crippen molar-refractivity contribution in [3.8, 4) is 0 Å². The van der Waals surface area contributed by atoms with E-state index in [1.54, 1.807) is 51.2 Å². The van der Waals surface area contributed by atoms with Crippen LogP contribution in [0.15, 0.2) is 24.5 Å². The summed E-state index contributed by atoms with van der Waals surface area (Å²) in [6.07, 6.45) is 3.72. The first kappa shape index (κ1) is 35.6. The number of esters is 1. The van der Waals surface area contributed by atoms with Crippen LogP contribution < -0.4 is 16.0 Å². The van der Waals surface area contributed by atoms with Crippen LogP contribution in [0, 0.1) is 5.92 Å². The van der Waals surface area contributed by atoms with Gasteiger partial charge in [0.05, 0.1) is 45.0 Å². The van der Waals surface area contributed by atoms with Crippen molar-refractivity contribution in [1.82, 2.24) is 25.8 Å². The Labute approximate surface area is 252 Å². The van der Waals surface area contributed by atoms with Gasteiger partial charge in [0.25, 0.3) is 0 Å². The highest BCUT2D eigenvalue weighted by Gasteiger charge is 2.42. The van der Waals surface area contributed by atoms with Gasteiger partial charge in [-0.2, -0.15) is 0 Å². The Morgan fingerprint density at radius 1 is 0.907 bits per heavy atom.